The minimum Gasteiger partial charge on any atom is -0.289 e. The lowest BCUT2D eigenvalue weighted by atomic mass is 9.81. The number of fused-ring (bicyclic) bond motifs is 2. The van der Waals surface area contributed by atoms with Gasteiger partial charge >= 0.3 is 0 Å². The normalized spacial score (nSPS) is 13.3. The summed E-state index contributed by atoms with van der Waals surface area (Å²) in [6.45, 7) is 2.22. The molecule has 3 heteroatoms. The maximum Gasteiger partial charge on any atom is 0.195 e. The van der Waals surface area contributed by atoms with Crippen LogP contribution >= 0.6 is 11.3 Å². The van der Waals surface area contributed by atoms with Gasteiger partial charge in [-0.2, -0.15) is 0 Å². The van der Waals surface area contributed by atoms with Crippen molar-refractivity contribution in [3.05, 3.63) is 92.7 Å². The number of benzene rings is 2. The molecule has 2 aromatic carbocycles. The Balaban J connectivity index is 1.77. The van der Waals surface area contributed by atoms with Gasteiger partial charge in [0.15, 0.2) is 11.6 Å². The molecule has 0 fully saturated rings. The molecule has 0 saturated carbocycles. The molecule has 4 rings (SSSR count). The summed E-state index contributed by atoms with van der Waals surface area (Å²) in [6.07, 6.45) is 7.88. The second kappa shape index (κ2) is 8.71. The fourth-order valence-corrected chi connectivity index (χ4v) is 4.72. The Kier molecular flexibility index (Phi) is 5.86. The number of thiophene rings is 1. The summed E-state index contributed by atoms with van der Waals surface area (Å²) in [7, 11) is 0. The Morgan fingerprint density at radius 1 is 0.828 bits per heavy atom. The van der Waals surface area contributed by atoms with Crippen LogP contribution in [-0.2, 0) is 0 Å². The summed E-state index contributed by atoms with van der Waals surface area (Å²) in [4.78, 5) is 27.5. The first-order valence-electron chi connectivity index (χ1n) is 10.3. The van der Waals surface area contributed by atoms with Gasteiger partial charge in [-0.15, -0.1) is 11.3 Å². The van der Waals surface area contributed by atoms with E-state index in [1.165, 1.54) is 29.7 Å². The topological polar surface area (TPSA) is 34.1 Å². The van der Waals surface area contributed by atoms with E-state index in [0.717, 1.165) is 18.4 Å². The molecular formula is C26H24O2S. The number of rotatable bonds is 7. The minimum atomic E-state index is -0.0638. The van der Waals surface area contributed by atoms with Gasteiger partial charge in [0.2, 0.25) is 0 Å². The van der Waals surface area contributed by atoms with Gasteiger partial charge in [0.25, 0.3) is 0 Å². The number of allylic oxidation sites excluding steroid dienone is 1. The summed E-state index contributed by atoms with van der Waals surface area (Å²) in [5, 5.41) is 2.08. The van der Waals surface area contributed by atoms with Crippen molar-refractivity contribution in [3.8, 4) is 0 Å². The number of unbranched alkanes of at least 4 members (excludes halogenated alkanes) is 3. The van der Waals surface area contributed by atoms with Gasteiger partial charge in [-0.1, -0.05) is 74.7 Å². The van der Waals surface area contributed by atoms with Crippen LogP contribution in [0.25, 0.3) is 11.6 Å². The number of hydrogen-bond acceptors (Lipinski definition) is 3. The molecule has 1 heterocycles. The van der Waals surface area contributed by atoms with E-state index in [2.05, 4.69) is 30.5 Å². The molecule has 29 heavy (non-hydrogen) atoms. The zero-order chi connectivity index (χ0) is 20.2. The van der Waals surface area contributed by atoms with E-state index in [9.17, 15) is 9.59 Å². The van der Waals surface area contributed by atoms with Crippen molar-refractivity contribution in [2.45, 2.75) is 39.0 Å². The van der Waals surface area contributed by atoms with Crippen molar-refractivity contribution in [1.29, 1.82) is 0 Å². The fourth-order valence-electron chi connectivity index (χ4n) is 3.95. The molecule has 0 spiro atoms. The highest BCUT2D eigenvalue weighted by Crippen LogP contribution is 2.33. The van der Waals surface area contributed by atoms with E-state index >= 15 is 0 Å². The van der Waals surface area contributed by atoms with Crippen LogP contribution in [0.4, 0.5) is 0 Å². The quantitative estimate of drug-likeness (QED) is 0.312. The third-order valence-electron chi connectivity index (χ3n) is 5.45. The first-order valence-corrected chi connectivity index (χ1v) is 11.1. The molecule has 0 atom stereocenters. The third-order valence-corrected chi connectivity index (χ3v) is 6.40. The van der Waals surface area contributed by atoms with Gasteiger partial charge in [0.1, 0.15) is 0 Å². The standard InChI is InChI=1S/C26H24O2S/c1-2-3-4-5-10-18(23-15-9-16-29-23)17-19-11-8-14-22-24(19)26(28)21-13-7-6-12-20(21)25(22)27/h6-9,11-17H,2-5,10H2,1H3. The number of carbonyl (C=O) groups excluding carboxylic acids is 2. The van der Waals surface area contributed by atoms with Gasteiger partial charge in [-0.3, -0.25) is 9.59 Å². The van der Waals surface area contributed by atoms with Crippen LogP contribution in [-0.4, -0.2) is 11.6 Å². The van der Waals surface area contributed by atoms with E-state index in [0.29, 0.717) is 22.3 Å². The minimum absolute atomic E-state index is 0.0569. The van der Waals surface area contributed by atoms with E-state index in [1.807, 2.05) is 24.3 Å². The molecule has 0 N–H and O–H groups in total. The molecule has 1 aromatic heterocycles. The highest BCUT2D eigenvalue weighted by molar-refractivity contribution is 7.11. The van der Waals surface area contributed by atoms with Gasteiger partial charge in [-0.05, 0) is 41.5 Å². The lowest BCUT2D eigenvalue weighted by Gasteiger charge is -2.19. The van der Waals surface area contributed by atoms with Crippen molar-refractivity contribution in [3.63, 3.8) is 0 Å². The smallest absolute Gasteiger partial charge is 0.195 e. The zero-order valence-corrected chi connectivity index (χ0v) is 17.4. The molecule has 0 aliphatic heterocycles. The summed E-state index contributed by atoms with van der Waals surface area (Å²) in [5.74, 6) is -0.121. The van der Waals surface area contributed by atoms with Gasteiger partial charge in [-0.25, -0.2) is 0 Å². The van der Waals surface area contributed by atoms with Crippen LogP contribution in [0.2, 0.25) is 0 Å². The van der Waals surface area contributed by atoms with Crippen molar-refractivity contribution in [2.24, 2.45) is 0 Å². The average Bonchev–Trinajstić information content (AvgIpc) is 3.29. The van der Waals surface area contributed by atoms with Crippen LogP contribution in [0.5, 0.6) is 0 Å². The summed E-state index contributed by atoms with van der Waals surface area (Å²) in [5.41, 5.74) is 4.14. The van der Waals surface area contributed by atoms with Crippen molar-refractivity contribution < 1.29 is 9.59 Å². The monoisotopic (exact) mass is 400 g/mol. The second-order valence-electron chi connectivity index (χ2n) is 7.43. The highest BCUT2D eigenvalue weighted by atomic mass is 32.1. The van der Waals surface area contributed by atoms with Crippen molar-refractivity contribution >= 4 is 34.6 Å². The van der Waals surface area contributed by atoms with Crippen LogP contribution in [0.15, 0.2) is 60.0 Å². The SMILES string of the molecule is CCCCCCC(=Cc1cccc2c1C(=O)c1ccccc1C2=O)c1cccs1. The predicted molar refractivity (Wildman–Crippen MR) is 121 cm³/mol. The Bertz CT molecular complexity index is 1070. The number of carbonyl (C=O) groups is 2. The lowest BCUT2D eigenvalue weighted by molar-refractivity contribution is 0.0979. The fraction of sp³-hybridized carbons (Fsp3) is 0.231. The highest BCUT2D eigenvalue weighted by Gasteiger charge is 2.30. The second-order valence-corrected chi connectivity index (χ2v) is 8.38. The average molecular weight is 401 g/mol. The molecular weight excluding hydrogens is 376 g/mol. The third kappa shape index (κ3) is 3.88. The van der Waals surface area contributed by atoms with E-state index in [4.69, 9.17) is 0 Å². The molecule has 0 amide bonds. The lowest BCUT2D eigenvalue weighted by Crippen LogP contribution is -2.21. The maximum atomic E-state index is 13.3. The molecule has 2 nitrogen and oxygen atoms in total. The molecule has 146 valence electrons. The van der Waals surface area contributed by atoms with Gasteiger partial charge < -0.3 is 0 Å². The molecule has 0 unspecified atom stereocenters. The van der Waals surface area contributed by atoms with E-state index < -0.39 is 0 Å². The summed E-state index contributed by atoms with van der Waals surface area (Å²) in [6, 6.07) is 16.9. The largest absolute Gasteiger partial charge is 0.289 e. The Morgan fingerprint density at radius 3 is 2.31 bits per heavy atom. The predicted octanol–water partition coefficient (Wildman–Crippen LogP) is 7.03. The van der Waals surface area contributed by atoms with Crippen LogP contribution < -0.4 is 0 Å². The van der Waals surface area contributed by atoms with Crippen LogP contribution in [0, 0.1) is 0 Å². The van der Waals surface area contributed by atoms with E-state index in [1.54, 1.807) is 29.5 Å². The molecule has 3 aromatic rings. The van der Waals surface area contributed by atoms with Gasteiger partial charge in [0, 0.05) is 27.1 Å². The van der Waals surface area contributed by atoms with Crippen LogP contribution in [0.1, 0.15) is 81.3 Å². The van der Waals surface area contributed by atoms with Crippen molar-refractivity contribution in [2.75, 3.05) is 0 Å². The summed E-state index contributed by atoms with van der Waals surface area (Å²) < 4.78 is 0. The van der Waals surface area contributed by atoms with Crippen molar-refractivity contribution in [1.82, 2.24) is 0 Å². The number of ketones is 2. The Morgan fingerprint density at radius 2 is 1.59 bits per heavy atom. The Hall–Kier alpha value is -2.78. The number of hydrogen-bond donors (Lipinski definition) is 0. The van der Waals surface area contributed by atoms with Crippen LogP contribution in [0.3, 0.4) is 0 Å². The maximum absolute atomic E-state index is 13.3. The van der Waals surface area contributed by atoms with Gasteiger partial charge in [0.05, 0.1) is 0 Å². The molecule has 0 radical (unpaired) electrons. The molecule has 1 aliphatic rings. The van der Waals surface area contributed by atoms with E-state index in [-0.39, 0.29) is 11.6 Å². The summed E-state index contributed by atoms with van der Waals surface area (Å²) >= 11 is 1.72. The first-order chi connectivity index (χ1) is 14.2. The molecule has 0 saturated heterocycles. The molecule has 0 bridgehead atoms. The zero-order valence-electron chi connectivity index (χ0n) is 16.6. The molecule has 1 aliphatic carbocycles. The Labute approximate surface area is 175 Å². The first kappa shape index (κ1) is 19.5.